The second-order valence-corrected chi connectivity index (χ2v) is 25.7. The van der Waals surface area contributed by atoms with E-state index in [1.807, 2.05) is 6.92 Å². The number of aliphatic hydroxyl groups excluding tert-OH is 13. The summed E-state index contributed by atoms with van der Waals surface area (Å²) < 4.78 is 46.7. The van der Waals surface area contributed by atoms with Crippen molar-refractivity contribution in [3.63, 3.8) is 0 Å². The van der Waals surface area contributed by atoms with Crippen molar-refractivity contribution < 1.29 is 109 Å². The number of esters is 1. The highest BCUT2D eigenvalue weighted by Gasteiger charge is 2.70. The van der Waals surface area contributed by atoms with Gasteiger partial charge in [-0.15, -0.1) is 0 Å². The van der Waals surface area contributed by atoms with E-state index >= 15 is 4.79 Å². The van der Waals surface area contributed by atoms with Crippen LogP contribution in [0, 0.1) is 50.2 Å². The van der Waals surface area contributed by atoms with Crippen molar-refractivity contribution in [2.24, 2.45) is 50.2 Å². The van der Waals surface area contributed by atoms with Crippen LogP contribution in [0.1, 0.15) is 113 Å². The van der Waals surface area contributed by atoms with E-state index in [2.05, 4.69) is 40.7 Å². The molecule has 9 aliphatic rings. The number of ether oxygens (including phenoxy) is 8. The molecule has 9 rings (SSSR count). The number of rotatable bonds is 12. The standard InChI is InChI=1S/C53H86O22/c1-23-32(57)35(60)39(64)45(70-23)74-42-27(20-55)72-43(41(66)37(42)62)68-21-28-34(59)36(61)40(65)46(73-28)75-47(67)53-16-14-48(2,3)18-25(53)24-8-9-30-49(4)12-11-31(56)50(5,22-69-44-38(63)33(58)26(19-54)71-44)29(49)10-13-52(30,7)51(24,6)15-17-53/h8,23,25-46,54-66H,9-22H2,1-7H3/t23-,25-,26-,27+,28+,29+,30+,31-,32-,33-,34+,35+,36-,37+,38-,39+,40+,41+,42+,43+,44+,45-,46-,49-,50-,51+,52+,53-/m0/s1. The summed E-state index contributed by atoms with van der Waals surface area (Å²) in [5, 5.41) is 139. The van der Waals surface area contributed by atoms with E-state index in [9.17, 15) is 66.4 Å². The van der Waals surface area contributed by atoms with Gasteiger partial charge in [0.25, 0.3) is 0 Å². The minimum absolute atomic E-state index is 0.0327. The molecule has 0 aromatic carbocycles. The van der Waals surface area contributed by atoms with Gasteiger partial charge < -0.3 is 104 Å². The Kier molecular flexibility index (Phi) is 16.3. The monoisotopic (exact) mass is 1070 g/mol. The van der Waals surface area contributed by atoms with Crippen LogP contribution in [0.2, 0.25) is 0 Å². The van der Waals surface area contributed by atoms with Crippen LogP contribution in [0.5, 0.6) is 0 Å². The maximum absolute atomic E-state index is 15.1. The van der Waals surface area contributed by atoms with E-state index < -0.39 is 159 Å². The zero-order valence-corrected chi connectivity index (χ0v) is 44.2. The third-order valence-electron chi connectivity index (χ3n) is 21.1. The van der Waals surface area contributed by atoms with Crippen molar-refractivity contribution in [2.45, 2.75) is 235 Å². The summed E-state index contributed by atoms with van der Waals surface area (Å²) >= 11 is 0. The number of carbonyl (C=O) groups excluding carboxylic acids is 1. The molecule has 22 nitrogen and oxygen atoms in total. The fraction of sp³-hybridized carbons (Fsp3) is 0.943. The maximum Gasteiger partial charge on any atom is 0.315 e. The van der Waals surface area contributed by atoms with Crippen LogP contribution < -0.4 is 0 Å². The Morgan fingerprint density at radius 2 is 1.19 bits per heavy atom. The molecule has 22 heteroatoms. The lowest BCUT2D eigenvalue weighted by molar-refractivity contribution is -0.361. The average Bonchev–Trinajstić information content (AvgIpc) is 3.65. The molecule has 28 atom stereocenters. The molecule has 4 heterocycles. The lowest BCUT2D eigenvalue weighted by atomic mass is 9.33. The molecular weight excluding hydrogens is 989 g/mol. The highest BCUT2D eigenvalue weighted by molar-refractivity contribution is 5.79. The minimum Gasteiger partial charge on any atom is -0.432 e. The predicted octanol–water partition coefficient (Wildman–Crippen LogP) is -1.40. The molecule has 0 bridgehead atoms. The van der Waals surface area contributed by atoms with Gasteiger partial charge in [0.05, 0.1) is 44.1 Å². The molecule has 75 heavy (non-hydrogen) atoms. The first kappa shape index (κ1) is 58.1. The summed E-state index contributed by atoms with van der Waals surface area (Å²) in [5.74, 6) is -0.613. The minimum atomic E-state index is -1.87. The van der Waals surface area contributed by atoms with Gasteiger partial charge in [0.1, 0.15) is 85.5 Å². The van der Waals surface area contributed by atoms with Crippen molar-refractivity contribution in [1.29, 1.82) is 0 Å². The fourth-order valence-corrected chi connectivity index (χ4v) is 16.1. The molecule has 0 aromatic heterocycles. The second-order valence-electron chi connectivity index (χ2n) is 25.7. The Hall–Kier alpha value is -1.59. The molecule has 8 fully saturated rings. The van der Waals surface area contributed by atoms with Gasteiger partial charge in [0.15, 0.2) is 18.9 Å². The summed E-state index contributed by atoms with van der Waals surface area (Å²) in [4.78, 5) is 15.1. The molecule has 0 radical (unpaired) electrons. The molecule has 0 unspecified atom stereocenters. The normalized spacial score (nSPS) is 54.7. The number of hydrogen-bond acceptors (Lipinski definition) is 22. The molecule has 0 spiro atoms. The maximum atomic E-state index is 15.1. The third kappa shape index (κ3) is 9.50. The first-order valence-electron chi connectivity index (χ1n) is 27.3. The van der Waals surface area contributed by atoms with E-state index in [4.69, 9.17) is 37.9 Å². The molecule has 4 saturated heterocycles. The van der Waals surface area contributed by atoms with Crippen LogP contribution in [0.25, 0.3) is 0 Å². The number of fused-ring (bicyclic) bond motifs is 7. The van der Waals surface area contributed by atoms with E-state index in [1.165, 1.54) is 12.5 Å². The second kappa shape index (κ2) is 21.1. The van der Waals surface area contributed by atoms with Gasteiger partial charge in [-0.05, 0) is 111 Å². The van der Waals surface area contributed by atoms with Gasteiger partial charge in [-0.2, -0.15) is 0 Å². The van der Waals surface area contributed by atoms with Gasteiger partial charge in [0, 0.05) is 5.41 Å². The number of aliphatic hydroxyl groups is 13. The Morgan fingerprint density at radius 1 is 0.600 bits per heavy atom. The van der Waals surface area contributed by atoms with Crippen molar-refractivity contribution in [3.05, 3.63) is 11.6 Å². The van der Waals surface area contributed by atoms with Crippen LogP contribution in [0.3, 0.4) is 0 Å². The molecule has 0 aromatic rings. The van der Waals surface area contributed by atoms with Crippen LogP contribution in [0.15, 0.2) is 11.6 Å². The van der Waals surface area contributed by atoms with Crippen LogP contribution >= 0.6 is 0 Å². The van der Waals surface area contributed by atoms with Gasteiger partial charge >= 0.3 is 5.97 Å². The van der Waals surface area contributed by atoms with Gasteiger partial charge in [-0.1, -0.05) is 53.2 Å². The number of carbonyl (C=O) groups is 1. The highest BCUT2D eigenvalue weighted by atomic mass is 16.8. The first-order valence-corrected chi connectivity index (χ1v) is 27.3. The lowest BCUT2D eigenvalue weighted by Crippen LogP contribution is -2.66. The topological polar surface area (TPSA) is 354 Å². The van der Waals surface area contributed by atoms with E-state index in [0.29, 0.717) is 38.5 Å². The number of hydrogen-bond donors (Lipinski definition) is 13. The summed E-state index contributed by atoms with van der Waals surface area (Å²) in [6.07, 6.45) is -20.9. The Bertz CT molecular complexity index is 2060. The Balaban J connectivity index is 0.897. The smallest absolute Gasteiger partial charge is 0.315 e. The fourth-order valence-electron chi connectivity index (χ4n) is 16.1. The Morgan fingerprint density at radius 3 is 1.87 bits per heavy atom. The van der Waals surface area contributed by atoms with Crippen LogP contribution in [0.4, 0.5) is 0 Å². The average molecular weight is 1080 g/mol. The Labute approximate surface area is 437 Å². The van der Waals surface area contributed by atoms with Gasteiger partial charge in [-0.25, -0.2) is 0 Å². The molecule has 4 saturated carbocycles. The summed E-state index contributed by atoms with van der Waals surface area (Å²) in [7, 11) is 0. The largest absolute Gasteiger partial charge is 0.432 e. The zero-order valence-electron chi connectivity index (χ0n) is 44.2. The summed E-state index contributed by atoms with van der Waals surface area (Å²) in [6.45, 7) is 13.2. The van der Waals surface area contributed by atoms with E-state index in [1.54, 1.807) is 0 Å². The molecule has 13 N–H and O–H groups in total. The van der Waals surface area contributed by atoms with Crippen molar-refractivity contribution >= 4 is 5.97 Å². The SMILES string of the molecule is C[C@@H]1O[C@@H](O[C@H]2[C@H](O)[C@@H](O)[C@H](OC[C@H]3O[C@@H](OC(=O)[C@]45CCC(C)(C)C[C@H]4C4=CC[C@@H]6[C@@]7(C)CC[C@H](O)[C@@](C)(CO[C@@H]8O[C@@H](CO)[C@H](O)[C@@H]8O)[C@@H]7CC[C@@]6(C)[C@]4(C)CC5)[C@H](O)[C@@H](O)[C@@H]3O)O[C@@H]2CO)[C@H](O)[C@H](O)[C@H]1O. The lowest BCUT2D eigenvalue weighted by Gasteiger charge is -2.71. The molecule has 5 aliphatic carbocycles. The molecule has 4 aliphatic heterocycles. The van der Waals surface area contributed by atoms with Crippen LogP contribution in [-0.4, -0.2) is 222 Å². The highest BCUT2D eigenvalue weighted by Crippen LogP contribution is 2.76. The number of allylic oxidation sites excluding steroid dienone is 2. The van der Waals surface area contributed by atoms with Crippen molar-refractivity contribution in [1.82, 2.24) is 0 Å². The van der Waals surface area contributed by atoms with Crippen LogP contribution in [-0.2, 0) is 42.7 Å². The van der Waals surface area contributed by atoms with Gasteiger partial charge in [-0.3, -0.25) is 4.79 Å². The molecular formula is C53H86O22. The van der Waals surface area contributed by atoms with Gasteiger partial charge in [0.2, 0.25) is 6.29 Å². The predicted molar refractivity (Wildman–Crippen MR) is 257 cm³/mol. The first-order chi connectivity index (χ1) is 35.1. The quantitative estimate of drug-likeness (QED) is 0.0790. The summed E-state index contributed by atoms with van der Waals surface area (Å²) in [5.41, 5.74) is -1.46. The summed E-state index contributed by atoms with van der Waals surface area (Å²) in [6, 6.07) is 0. The van der Waals surface area contributed by atoms with E-state index in [-0.39, 0.29) is 46.0 Å². The zero-order chi connectivity index (χ0) is 54.7. The van der Waals surface area contributed by atoms with Crippen molar-refractivity contribution in [3.8, 4) is 0 Å². The molecule has 430 valence electrons. The van der Waals surface area contributed by atoms with Crippen molar-refractivity contribution in [2.75, 3.05) is 26.4 Å². The van der Waals surface area contributed by atoms with E-state index in [0.717, 1.165) is 25.7 Å². The molecule has 0 amide bonds. The third-order valence-corrected chi connectivity index (χ3v) is 21.1.